The summed E-state index contributed by atoms with van der Waals surface area (Å²) in [6, 6.07) is 6.76. The van der Waals surface area contributed by atoms with Crippen molar-refractivity contribution in [1.82, 2.24) is 0 Å². The van der Waals surface area contributed by atoms with Gasteiger partial charge >= 0.3 is 0 Å². The number of benzene rings is 1. The zero-order valence-electron chi connectivity index (χ0n) is 7.42. The van der Waals surface area contributed by atoms with Crippen LogP contribution in [0.25, 0.3) is 10.1 Å². The van der Waals surface area contributed by atoms with E-state index in [0.29, 0.717) is 0 Å². The molecule has 0 atom stereocenters. The summed E-state index contributed by atoms with van der Waals surface area (Å²) >= 11 is 1.83. The van der Waals surface area contributed by atoms with Gasteiger partial charge in [-0.05, 0) is 41.3 Å². The summed E-state index contributed by atoms with van der Waals surface area (Å²) in [6.07, 6.45) is 1.13. The van der Waals surface area contributed by atoms with Crippen LogP contribution in [0.4, 0.5) is 0 Å². The fourth-order valence-corrected chi connectivity index (χ4v) is 2.35. The quantitative estimate of drug-likeness (QED) is 0.620. The first-order valence-corrected chi connectivity index (χ1v) is 5.16. The third kappa shape index (κ3) is 1.14. The van der Waals surface area contributed by atoms with E-state index in [2.05, 4.69) is 37.4 Å². The van der Waals surface area contributed by atoms with E-state index in [1.807, 2.05) is 11.3 Å². The van der Waals surface area contributed by atoms with Crippen LogP contribution in [0, 0.1) is 6.92 Å². The molecule has 0 bridgehead atoms. The Kier molecular flexibility index (Phi) is 1.89. The lowest BCUT2D eigenvalue weighted by Crippen LogP contribution is -1.77. The van der Waals surface area contributed by atoms with Crippen LogP contribution in [-0.2, 0) is 6.42 Å². The molecule has 1 heteroatoms. The van der Waals surface area contributed by atoms with Gasteiger partial charge in [-0.15, -0.1) is 11.3 Å². The van der Waals surface area contributed by atoms with Gasteiger partial charge in [0, 0.05) is 4.70 Å². The van der Waals surface area contributed by atoms with E-state index in [0.717, 1.165) is 6.42 Å². The predicted octanol–water partition coefficient (Wildman–Crippen LogP) is 3.77. The Morgan fingerprint density at radius 2 is 2.17 bits per heavy atom. The molecule has 0 nitrogen and oxygen atoms in total. The van der Waals surface area contributed by atoms with Crippen molar-refractivity contribution >= 4 is 21.4 Å². The maximum absolute atomic E-state index is 2.31. The number of thiophene rings is 1. The second kappa shape index (κ2) is 2.91. The van der Waals surface area contributed by atoms with Crippen LogP contribution < -0.4 is 0 Å². The average Bonchev–Trinajstić information content (AvgIpc) is 2.47. The van der Waals surface area contributed by atoms with Crippen LogP contribution in [0.3, 0.4) is 0 Å². The molecule has 1 aromatic carbocycles. The Hall–Kier alpha value is -0.820. The van der Waals surface area contributed by atoms with Gasteiger partial charge in [0.15, 0.2) is 0 Å². The summed E-state index contributed by atoms with van der Waals surface area (Å²) in [4.78, 5) is 0. The van der Waals surface area contributed by atoms with Gasteiger partial charge in [-0.3, -0.25) is 0 Å². The van der Waals surface area contributed by atoms with E-state index in [1.165, 1.54) is 21.2 Å². The largest absolute Gasteiger partial charge is 0.144 e. The molecule has 62 valence electrons. The van der Waals surface area contributed by atoms with Crippen molar-refractivity contribution in [1.29, 1.82) is 0 Å². The van der Waals surface area contributed by atoms with E-state index in [-0.39, 0.29) is 0 Å². The van der Waals surface area contributed by atoms with Crippen LogP contribution in [0.1, 0.15) is 18.1 Å². The highest BCUT2D eigenvalue weighted by Crippen LogP contribution is 2.26. The highest BCUT2D eigenvalue weighted by atomic mass is 32.1. The highest BCUT2D eigenvalue weighted by Gasteiger charge is 1.99. The normalized spacial score (nSPS) is 10.8. The summed E-state index contributed by atoms with van der Waals surface area (Å²) in [6.45, 7) is 4.38. The van der Waals surface area contributed by atoms with Crippen molar-refractivity contribution in [3.63, 3.8) is 0 Å². The van der Waals surface area contributed by atoms with Gasteiger partial charge in [0.1, 0.15) is 0 Å². The van der Waals surface area contributed by atoms with Crippen molar-refractivity contribution < 1.29 is 0 Å². The standard InChI is InChI=1S/C11H12S/c1-3-9-4-5-11-10(6-9)8(2)7-12-11/h4-7H,3H2,1-2H3. The SMILES string of the molecule is CCc1ccc2scc(C)c2c1. The van der Waals surface area contributed by atoms with E-state index in [9.17, 15) is 0 Å². The van der Waals surface area contributed by atoms with Gasteiger partial charge < -0.3 is 0 Å². The maximum Gasteiger partial charge on any atom is 0.0345 e. The van der Waals surface area contributed by atoms with Crippen LogP contribution in [0.15, 0.2) is 23.6 Å². The van der Waals surface area contributed by atoms with E-state index < -0.39 is 0 Å². The molecule has 12 heavy (non-hydrogen) atoms. The van der Waals surface area contributed by atoms with Crippen molar-refractivity contribution in [2.24, 2.45) is 0 Å². The molecule has 0 unspecified atom stereocenters. The molecule has 0 saturated heterocycles. The molecule has 1 aromatic heterocycles. The molecule has 0 aliphatic heterocycles. The summed E-state index contributed by atoms with van der Waals surface area (Å²) in [5, 5.41) is 3.66. The highest BCUT2D eigenvalue weighted by molar-refractivity contribution is 7.17. The first-order valence-electron chi connectivity index (χ1n) is 4.28. The Balaban J connectivity index is 2.71. The monoisotopic (exact) mass is 176 g/mol. The molecule has 1 heterocycles. The zero-order chi connectivity index (χ0) is 8.55. The Labute approximate surface area is 76.8 Å². The fraction of sp³-hybridized carbons (Fsp3) is 0.273. The second-order valence-corrected chi connectivity index (χ2v) is 4.01. The van der Waals surface area contributed by atoms with Gasteiger partial charge in [0.2, 0.25) is 0 Å². The molecule has 0 saturated carbocycles. The molecule has 0 fully saturated rings. The van der Waals surface area contributed by atoms with Crippen LogP contribution >= 0.6 is 11.3 Å². The number of hydrogen-bond donors (Lipinski definition) is 0. The third-order valence-electron chi connectivity index (χ3n) is 2.24. The fourth-order valence-electron chi connectivity index (χ4n) is 1.42. The molecule has 0 amide bonds. The number of hydrogen-bond acceptors (Lipinski definition) is 1. The predicted molar refractivity (Wildman–Crippen MR) is 55.9 cm³/mol. The minimum absolute atomic E-state index is 1.13. The molecule has 0 aliphatic carbocycles. The van der Waals surface area contributed by atoms with Gasteiger partial charge in [0.05, 0.1) is 0 Å². The molecule has 0 aliphatic rings. The summed E-state index contributed by atoms with van der Waals surface area (Å²) < 4.78 is 1.41. The average molecular weight is 176 g/mol. The van der Waals surface area contributed by atoms with Crippen LogP contribution in [-0.4, -0.2) is 0 Å². The van der Waals surface area contributed by atoms with E-state index in [4.69, 9.17) is 0 Å². The zero-order valence-corrected chi connectivity index (χ0v) is 8.24. The third-order valence-corrected chi connectivity index (χ3v) is 3.32. The molecular formula is C11H12S. The topological polar surface area (TPSA) is 0 Å². The summed E-state index contributed by atoms with van der Waals surface area (Å²) in [7, 11) is 0. The molecular weight excluding hydrogens is 164 g/mol. The molecule has 0 N–H and O–H groups in total. The van der Waals surface area contributed by atoms with Gasteiger partial charge in [-0.1, -0.05) is 19.1 Å². The van der Waals surface area contributed by atoms with Crippen molar-refractivity contribution in [2.45, 2.75) is 20.3 Å². The van der Waals surface area contributed by atoms with Gasteiger partial charge in [-0.2, -0.15) is 0 Å². The molecule has 2 rings (SSSR count). The minimum atomic E-state index is 1.13. The van der Waals surface area contributed by atoms with Crippen LogP contribution in [0.5, 0.6) is 0 Å². The lowest BCUT2D eigenvalue weighted by atomic mass is 10.1. The smallest absolute Gasteiger partial charge is 0.0345 e. The van der Waals surface area contributed by atoms with Crippen LogP contribution in [0.2, 0.25) is 0 Å². The van der Waals surface area contributed by atoms with Gasteiger partial charge in [-0.25, -0.2) is 0 Å². The number of aryl methyl sites for hydroxylation is 2. The maximum atomic E-state index is 2.31. The second-order valence-electron chi connectivity index (χ2n) is 3.10. The van der Waals surface area contributed by atoms with Crippen molar-refractivity contribution in [2.75, 3.05) is 0 Å². The first kappa shape index (κ1) is 7.81. The Morgan fingerprint density at radius 1 is 1.33 bits per heavy atom. The van der Waals surface area contributed by atoms with E-state index >= 15 is 0 Å². The Bertz CT molecular complexity index is 398. The van der Waals surface area contributed by atoms with Crippen molar-refractivity contribution in [3.05, 3.63) is 34.7 Å². The summed E-state index contributed by atoms with van der Waals surface area (Å²) in [5.41, 5.74) is 2.84. The minimum Gasteiger partial charge on any atom is -0.144 e. The number of fused-ring (bicyclic) bond motifs is 1. The number of rotatable bonds is 1. The summed E-state index contributed by atoms with van der Waals surface area (Å²) in [5.74, 6) is 0. The Morgan fingerprint density at radius 3 is 2.92 bits per heavy atom. The molecule has 0 radical (unpaired) electrons. The van der Waals surface area contributed by atoms with Crippen molar-refractivity contribution in [3.8, 4) is 0 Å². The lowest BCUT2D eigenvalue weighted by Gasteiger charge is -1.96. The van der Waals surface area contributed by atoms with E-state index in [1.54, 1.807) is 0 Å². The first-order chi connectivity index (χ1) is 5.81. The van der Waals surface area contributed by atoms with Gasteiger partial charge in [0.25, 0.3) is 0 Å². The lowest BCUT2D eigenvalue weighted by molar-refractivity contribution is 1.15. The molecule has 0 spiro atoms. The molecule has 2 aromatic rings.